The van der Waals surface area contributed by atoms with Gasteiger partial charge >= 0.3 is 5.97 Å². The molecule has 0 amide bonds. The average molecular weight is 157 g/mol. The van der Waals surface area contributed by atoms with Crippen molar-refractivity contribution in [2.24, 2.45) is 5.73 Å². The van der Waals surface area contributed by atoms with Crippen molar-refractivity contribution in [2.75, 3.05) is 0 Å². The first-order chi connectivity index (χ1) is 5.20. The molecule has 0 aromatic carbocycles. The van der Waals surface area contributed by atoms with Crippen molar-refractivity contribution >= 4 is 5.97 Å². The molecule has 1 rings (SSSR count). The Balaban J connectivity index is 2.56. The molecule has 0 radical (unpaired) electrons. The fraction of sp³-hybridized carbons (Fsp3) is 0.400. The zero-order chi connectivity index (χ0) is 8.27. The molecule has 11 heavy (non-hydrogen) atoms. The van der Waals surface area contributed by atoms with Crippen molar-refractivity contribution in [1.82, 2.24) is 10.2 Å². The topological polar surface area (TPSA) is 102 Å². The van der Waals surface area contributed by atoms with Crippen molar-refractivity contribution in [2.45, 2.75) is 12.5 Å². The van der Waals surface area contributed by atoms with Crippen LogP contribution in [0.3, 0.4) is 0 Å². The first-order valence-electron chi connectivity index (χ1n) is 2.93. The van der Waals surface area contributed by atoms with E-state index in [0.29, 0.717) is 0 Å². The van der Waals surface area contributed by atoms with Gasteiger partial charge in [-0.1, -0.05) is 0 Å². The van der Waals surface area contributed by atoms with Gasteiger partial charge in [0.25, 0.3) is 0 Å². The fourth-order valence-electron chi connectivity index (χ4n) is 0.619. The summed E-state index contributed by atoms with van der Waals surface area (Å²) >= 11 is 0. The Morgan fingerprint density at radius 1 is 1.91 bits per heavy atom. The Labute approximate surface area is 62.0 Å². The van der Waals surface area contributed by atoms with E-state index in [4.69, 9.17) is 10.8 Å². The van der Waals surface area contributed by atoms with E-state index >= 15 is 0 Å². The predicted molar refractivity (Wildman–Crippen MR) is 33.5 cm³/mol. The van der Waals surface area contributed by atoms with Crippen molar-refractivity contribution in [1.29, 1.82) is 0 Å². The lowest BCUT2D eigenvalue weighted by molar-refractivity contribution is -0.137. The average Bonchev–Trinajstić information content (AvgIpc) is 2.35. The smallest absolute Gasteiger partial charge is 0.305 e. The van der Waals surface area contributed by atoms with E-state index in [1.807, 2.05) is 0 Å². The molecule has 6 nitrogen and oxygen atoms in total. The van der Waals surface area contributed by atoms with Crippen LogP contribution >= 0.6 is 0 Å². The Hall–Kier alpha value is -1.43. The highest BCUT2D eigenvalue weighted by atomic mass is 16.4. The zero-order valence-electron chi connectivity index (χ0n) is 5.60. The van der Waals surface area contributed by atoms with E-state index < -0.39 is 12.0 Å². The Kier molecular flexibility index (Phi) is 2.17. The van der Waals surface area contributed by atoms with Crippen molar-refractivity contribution in [3.05, 3.63) is 12.3 Å². The van der Waals surface area contributed by atoms with Crippen LogP contribution in [0, 0.1) is 0 Å². The zero-order valence-corrected chi connectivity index (χ0v) is 5.60. The third kappa shape index (κ3) is 2.01. The standard InChI is InChI=1S/C5H7N3O3/c6-3(1-4(9)10)5-8-7-2-11-5/h2-3H,1,6H2,(H,9,10). The van der Waals surface area contributed by atoms with Crippen LogP contribution in [0.4, 0.5) is 0 Å². The summed E-state index contributed by atoms with van der Waals surface area (Å²) < 4.78 is 4.69. The molecule has 0 aliphatic carbocycles. The molecule has 1 aromatic heterocycles. The number of nitrogens with two attached hydrogens (primary N) is 1. The van der Waals surface area contributed by atoms with Gasteiger partial charge in [0.2, 0.25) is 12.3 Å². The molecule has 0 aliphatic rings. The van der Waals surface area contributed by atoms with Crippen molar-refractivity contribution in [3.63, 3.8) is 0 Å². The molecule has 1 atom stereocenters. The van der Waals surface area contributed by atoms with Crippen LogP contribution in [-0.4, -0.2) is 21.3 Å². The van der Waals surface area contributed by atoms with Gasteiger partial charge in [-0.15, -0.1) is 10.2 Å². The Morgan fingerprint density at radius 2 is 2.64 bits per heavy atom. The molecule has 6 heteroatoms. The van der Waals surface area contributed by atoms with E-state index in [-0.39, 0.29) is 12.3 Å². The summed E-state index contributed by atoms with van der Waals surface area (Å²) in [6.07, 6.45) is 0.902. The van der Waals surface area contributed by atoms with Gasteiger partial charge in [0, 0.05) is 0 Å². The van der Waals surface area contributed by atoms with Gasteiger partial charge in [-0.3, -0.25) is 4.79 Å². The second-order valence-electron chi connectivity index (χ2n) is 1.98. The minimum Gasteiger partial charge on any atom is -0.481 e. The molecule has 0 spiro atoms. The molecular weight excluding hydrogens is 150 g/mol. The number of aromatic nitrogens is 2. The first-order valence-corrected chi connectivity index (χ1v) is 2.93. The van der Waals surface area contributed by atoms with Gasteiger partial charge in [-0.2, -0.15) is 0 Å². The number of carboxylic acid groups (broad SMARTS) is 1. The molecule has 0 bridgehead atoms. The molecule has 0 saturated heterocycles. The number of hydrogen-bond donors (Lipinski definition) is 2. The number of carboxylic acids is 1. The highest BCUT2D eigenvalue weighted by Crippen LogP contribution is 2.08. The molecule has 0 saturated carbocycles. The SMILES string of the molecule is NC(CC(=O)O)c1nnco1. The van der Waals surface area contributed by atoms with Crippen molar-refractivity contribution in [3.8, 4) is 0 Å². The highest BCUT2D eigenvalue weighted by Gasteiger charge is 2.14. The van der Waals surface area contributed by atoms with Gasteiger partial charge in [0.1, 0.15) is 0 Å². The van der Waals surface area contributed by atoms with E-state index in [2.05, 4.69) is 14.6 Å². The van der Waals surface area contributed by atoms with E-state index in [1.54, 1.807) is 0 Å². The normalized spacial score (nSPS) is 12.8. The number of nitrogens with zero attached hydrogens (tertiary/aromatic N) is 2. The maximum absolute atomic E-state index is 10.1. The summed E-state index contributed by atoms with van der Waals surface area (Å²) in [5, 5.41) is 15.1. The van der Waals surface area contributed by atoms with Gasteiger partial charge in [0.15, 0.2) is 0 Å². The molecule has 60 valence electrons. The molecule has 0 fully saturated rings. The molecular formula is C5H7N3O3. The summed E-state index contributed by atoms with van der Waals surface area (Å²) in [4.78, 5) is 10.1. The third-order valence-electron chi connectivity index (χ3n) is 1.09. The summed E-state index contributed by atoms with van der Waals surface area (Å²) in [5.74, 6) is -0.844. The van der Waals surface area contributed by atoms with Crippen molar-refractivity contribution < 1.29 is 14.3 Å². The van der Waals surface area contributed by atoms with E-state index in [9.17, 15) is 4.79 Å². The highest BCUT2D eigenvalue weighted by molar-refractivity contribution is 5.67. The van der Waals surface area contributed by atoms with Gasteiger partial charge in [0.05, 0.1) is 12.5 Å². The van der Waals surface area contributed by atoms with Crippen LogP contribution in [0.2, 0.25) is 0 Å². The molecule has 0 aliphatic heterocycles. The second-order valence-corrected chi connectivity index (χ2v) is 1.98. The van der Waals surface area contributed by atoms with Crippen LogP contribution in [-0.2, 0) is 4.79 Å². The largest absolute Gasteiger partial charge is 0.481 e. The van der Waals surface area contributed by atoms with Crippen LogP contribution < -0.4 is 5.73 Å². The van der Waals surface area contributed by atoms with E-state index in [1.165, 1.54) is 0 Å². The number of carbonyl (C=O) groups is 1. The summed E-state index contributed by atoms with van der Waals surface area (Å²) in [6.45, 7) is 0. The predicted octanol–water partition coefficient (Wildman–Crippen LogP) is -0.456. The van der Waals surface area contributed by atoms with Crippen LogP contribution in [0.1, 0.15) is 18.4 Å². The second kappa shape index (κ2) is 3.11. The lowest BCUT2D eigenvalue weighted by atomic mass is 10.2. The lowest BCUT2D eigenvalue weighted by Crippen LogP contribution is -2.15. The molecule has 3 N–H and O–H groups in total. The lowest BCUT2D eigenvalue weighted by Gasteiger charge is -2.00. The Bertz CT molecular complexity index is 233. The Morgan fingerprint density at radius 3 is 3.09 bits per heavy atom. The minimum absolute atomic E-state index is 0.146. The van der Waals surface area contributed by atoms with E-state index in [0.717, 1.165) is 6.39 Å². The molecule has 1 aromatic rings. The molecule has 1 heterocycles. The van der Waals surface area contributed by atoms with Gasteiger partial charge < -0.3 is 15.3 Å². The number of hydrogen-bond acceptors (Lipinski definition) is 5. The maximum Gasteiger partial charge on any atom is 0.305 e. The quantitative estimate of drug-likeness (QED) is 0.615. The maximum atomic E-state index is 10.1. The van der Waals surface area contributed by atoms with Gasteiger partial charge in [-0.05, 0) is 0 Å². The van der Waals surface area contributed by atoms with Crippen LogP contribution in [0.15, 0.2) is 10.8 Å². The van der Waals surface area contributed by atoms with Crippen LogP contribution in [0.25, 0.3) is 0 Å². The number of aliphatic carboxylic acids is 1. The fourth-order valence-corrected chi connectivity index (χ4v) is 0.619. The minimum atomic E-state index is -0.990. The summed E-state index contributed by atoms with van der Waals surface area (Å²) in [7, 11) is 0. The first kappa shape index (κ1) is 7.67. The number of rotatable bonds is 3. The van der Waals surface area contributed by atoms with Gasteiger partial charge in [-0.25, -0.2) is 0 Å². The summed E-state index contributed by atoms with van der Waals surface area (Å²) in [6, 6.07) is -0.713. The molecule has 1 unspecified atom stereocenters. The third-order valence-corrected chi connectivity index (χ3v) is 1.09. The monoisotopic (exact) mass is 157 g/mol. The summed E-state index contributed by atoms with van der Waals surface area (Å²) in [5.41, 5.74) is 5.36. The van der Waals surface area contributed by atoms with Crippen LogP contribution in [0.5, 0.6) is 0 Å².